The molecule has 3 heterocycles. The fraction of sp³-hybridized carbons (Fsp3) is 0.750. The lowest BCUT2D eigenvalue weighted by Gasteiger charge is -2.37. The van der Waals surface area contributed by atoms with E-state index in [1.165, 1.54) is 11.2 Å². The first-order valence-electron chi connectivity index (χ1n) is 10.7. The van der Waals surface area contributed by atoms with Crippen LogP contribution in [0.1, 0.15) is 34.6 Å². The van der Waals surface area contributed by atoms with Crippen LogP contribution in [-0.4, -0.2) is 90.6 Å². The molecule has 0 bridgehead atoms. The molecule has 12 heteroatoms. The number of amides is 2. The maximum Gasteiger partial charge on any atom is 0.259 e. The van der Waals surface area contributed by atoms with Crippen LogP contribution in [0.4, 0.5) is 0 Å². The molecule has 3 aliphatic heterocycles. The van der Waals surface area contributed by atoms with Crippen molar-refractivity contribution in [3.63, 3.8) is 0 Å². The third-order valence-corrected chi connectivity index (χ3v) is 10.8. The van der Waals surface area contributed by atoms with E-state index in [0.717, 1.165) is 0 Å². The van der Waals surface area contributed by atoms with Crippen LogP contribution < -0.4 is 5.32 Å². The Morgan fingerprint density at radius 2 is 2.00 bits per heavy atom. The fourth-order valence-electron chi connectivity index (χ4n) is 3.11. The number of fused-ring (bicyclic) bond motifs is 1. The highest BCUT2D eigenvalue weighted by molar-refractivity contribution is 6.74. The van der Waals surface area contributed by atoms with Crippen LogP contribution in [-0.2, 0) is 18.8 Å². The molecule has 32 heavy (non-hydrogen) atoms. The van der Waals surface area contributed by atoms with Crippen molar-refractivity contribution in [1.29, 1.82) is 0 Å². The van der Waals surface area contributed by atoms with E-state index in [-0.39, 0.29) is 29.4 Å². The van der Waals surface area contributed by atoms with Crippen LogP contribution in [0, 0.1) is 5.92 Å². The molecular weight excluding hydrogens is 434 g/mol. The molecule has 0 saturated carbocycles. The average Bonchev–Trinajstić information content (AvgIpc) is 3.21. The summed E-state index contributed by atoms with van der Waals surface area (Å²) in [5, 5.41) is 23.7. The zero-order chi connectivity index (χ0) is 24.0. The quantitative estimate of drug-likeness (QED) is 0.491. The van der Waals surface area contributed by atoms with Crippen LogP contribution in [0.25, 0.3) is 0 Å². The second-order valence-corrected chi connectivity index (χ2v) is 14.9. The summed E-state index contributed by atoms with van der Waals surface area (Å²) in [5.41, 5.74) is 0. The molecule has 3 rings (SSSR count). The number of amidine groups is 1. The molecular formula is C20H33N5O6Si. The number of rotatable bonds is 5. The number of nitrogens with one attached hydrogen (secondary N) is 1. The van der Waals surface area contributed by atoms with Gasteiger partial charge in [0.05, 0.1) is 12.9 Å². The van der Waals surface area contributed by atoms with E-state index in [4.69, 9.17) is 9.16 Å². The van der Waals surface area contributed by atoms with Gasteiger partial charge in [-0.3, -0.25) is 24.8 Å². The number of carbonyl (C=O) groups excluding carboxylic acids is 2. The van der Waals surface area contributed by atoms with Crippen molar-refractivity contribution >= 4 is 38.3 Å². The lowest BCUT2D eigenvalue weighted by molar-refractivity contribution is -0.120. The third kappa shape index (κ3) is 4.69. The largest absolute Gasteiger partial charge is 0.414 e. The van der Waals surface area contributed by atoms with Crippen LogP contribution in [0.15, 0.2) is 15.0 Å². The van der Waals surface area contributed by atoms with Crippen molar-refractivity contribution in [1.82, 2.24) is 10.2 Å². The summed E-state index contributed by atoms with van der Waals surface area (Å²) in [4.78, 5) is 38.0. The van der Waals surface area contributed by atoms with Gasteiger partial charge >= 0.3 is 0 Å². The molecule has 0 radical (unpaired) electrons. The Morgan fingerprint density at radius 1 is 1.34 bits per heavy atom. The molecule has 0 aromatic heterocycles. The van der Waals surface area contributed by atoms with Crippen LogP contribution in [0.3, 0.4) is 0 Å². The first-order chi connectivity index (χ1) is 14.7. The average molecular weight is 468 g/mol. The molecule has 178 valence electrons. The molecule has 5 unspecified atom stereocenters. The highest BCUT2D eigenvalue weighted by Gasteiger charge is 2.50. The second kappa shape index (κ2) is 8.75. The number of aliphatic hydroxyl groups excluding tert-OH is 2. The van der Waals surface area contributed by atoms with Gasteiger partial charge in [-0.2, -0.15) is 9.98 Å². The van der Waals surface area contributed by atoms with Crippen molar-refractivity contribution in [3.8, 4) is 0 Å². The minimum atomic E-state index is -2.09. The van der Waals surface area contributed by atoms with E-state index in [9.17, 15) is 19.8 Å². The van der Waals surface area contributed by atoms with E-state index >= 15 is 0 Å². The number of carbonyl (C=O) groups is 2. The Morgan fingerprint density at radius 3 is 2.59 bits per heavy atom. The van der Waals surface area contributed by atoms with Crippen molar-refractivity contribution in [2.75, 3.05) is 6.61 Å². The molecule has 3 aliphatic rings. The van der Waals surface area contributed by atoms with Crippen molar-refractivity contribution < 1.29 is 29.0 Å². The standard InChI is InChI=1S/C20H33N5O6Si/c1-10(2)16(28)23-19-22-15-12(17(29)24-19)21-9-25(15)18-14(27)13(26)11(31-18)8-30-32(6,7)20(3,4)5/h9-14,18,26-27H,8H2,1-7H3,(H,23,24,28,29). The summed E-state index contributed by atoms with van der Waals surface area (Å²) >= 11 is 0. The minimum absolute atomic E-state index is 0.0171. The van der Waals surface area contributed by atoms with Crippen LogP contribution in [0.5, 0.6) is 0 Å². The summed E-state index contributed by atoms with van der Waals surface area (Å²) in [6.45, 7) is 14.0. The Hall–Kier alpha value is -1.99. The molecule has 0 aromatic rings. The molecule has 3 N–H and O–H groups in total. The molecule has 1 fully saturated rings. The topological polar surface area (TPSA) is 145 Å². The van der Waals surface area contributed by atoms with Gasteiger partial charge in [0.2, 0.25) is 5.96 Å². The number of hydrogen-bond donors (Lipinski definition) is 3. The summed E-state index contributed by atoms with van der Waals surface area (Å²) in [6.07, 6.45) is -2.90. The SMILES string of the molecule is CC(C)C(=O)N=C1N=C2C(N=CN2C2OC(CO[Si](C)(C)C(C)(C)C)C(O)C2O)C(=O)N1. The van der Waals surface area contributed by atoms with Gasteiger partial charge in [0.25, 0.3) is 11.8 Å². The zero-order valence-corrected chi connectivity index (χ0v) is 20.6. The fourth-order valence-corrected chi connectivity index (χ4v) is 4.12. The van der Waals surface area contributed by atoms with E-state index in [1.807, 2.05) is 0 Å². The number of ether oxygens (including phenoxy) is 1. The normalized spacial score (nSPS) is 31.9. The molecule has 2 amide bonds. The Balaban J connectivity index is 1.77. The number of hydrogen-bond acceptors (Lipinski definition) is 8. The lowest BCUT2D eigenvalue weighted by atomic mass is 10.1. The van der Waals surface area contributed by atoms with Gasteiger partial charge in [0.15, 0.2) is 26.4 Å². The summed E-state index contributed by atoms with van der Waals surface area (Å²) in [6, 6.07) is -0.946. The van der Waals surface area contributed by atoms with Crippen molar-refractivity contribution in [3.05, 3.63) is 0 Å². The number of aliphatic imine (C=N–C) groups is 3. The van der Waals surface area contributed by atoms with E-state index in [1.54, 1.807) is 13.8 Å². The first-order valence-corrected chi connectivity index (χ1v) is 13.6. The number of nitrogens with zero attached hydrogens (tertiary/aromatic N) is 4. The summed E-state index contributed by atoms with van der Waals surface area (Å²) in [7, 11) is -2.09. The lowest BCUT2D eigenvalue weighted by Crippen LogP contribution is -2.53. The van der Waals surface area contributed by atoms with E-state index < -0.39 is 50.7 Å². The van der Waals surface area contributed by atoms with Gasteiger partial charge in [0.1, 0.15) is 18.3 Å². The highest BCUT2D eigenvalue weighted by Crippen LogP contribution is 2.37. The zero-order valence-electron chi connectivity index (χ0n) is 19.6. The molecule has 11 nitrogen and oxygen atoms in total. The molecule has 0 aromatic carbocycles. The monoisotopic (exact) mass is 467 g/mol. The van der Waals surface area contributed by atoms with Crippen molar-refractivity contribution in [2.24, 2.45) is 20.9 Å². The van der Waals surface area contributed by atoms with Gasteiger partial charge in [-0.05, 0) is 18.1 Å². The van der Waals surface area contributed by atoms with Gasteiger partial charge < -0.3 is 19.4 Å². The Bertz CT molecular complexity index is 865. The predicted molar refractivity (Wildman–Crippen MR) is 121 cm³/mol. The Kier molecular flexibility index (Phi) is 6.74. The predicted octanol–water partition coefficient (Wildman–Crippen LogP) is 0.234. The van der Waals surface area contributed by atoms with E-state index in [0.29, 0.717) is 0 Å². The first kappa shape index (κ1) is 24.6. The summed E-state index contributed by atoms with van der Waals surface area (Å²) in [5.74, 6) is -1.24. The number of aliphatic hydroxyl groups is 2. The molecule has 5 atom stereocenters. The smallest absolute Gasteiger partial charge is 0.259 e. The minimum Gasteiger partial charge on any atom is -0.414 e. The summed E-state index contributed by atoms with van der Waals surface area (Å²) < 4.78 is 12.1. The van der Waals surface area contributed by atoms with Gasteiger partial charge in [-0.25, -0.2) is 0 Å². The van der Waals surface area contributed by atoms with Crippen LogP contribution >= 0.6 is 0 Å². The molecule has 0 spiro atoms. The Labute approximate surface area is 188 Å². The molecule has 1 saturated heterocycles. The highest BCUT2D eigenvalue weighted by atomic mass is 28.4. The van der Waals surface area contributed by atoms with Gasteiger partial charge in [-0.1, -0.05) is 34.6 Å². The maximum absolute atomic E-state index is 12.4. The van der Waals surface area contributed by atoms with Crippen LogP contribution in [0.2, 0.25) is 18.1 Å². The van der Waals surface area contributed by atoms with Crippen molar-refractivity contribution in [2.45, 2.75) is 83.3 Å². The van der Waals surface area contributed by atoms with Gasteiger partial charge in [-0.15, -0.1) is 0 Å². The van der Waals surface area contributed by atoms with Gasteiger partial charge in [0, 0.05) is 5.92 Å². The second-order valence-electron chi connectivity index (χ2n) is 10.1. The third-order valence-electron chi connectivity index (χ3n) is 6.29. The maximum atomic E-state index is 12.4. The van der Waals surface area contributed by atoms with E-state index in [2.05, 4.69) is 54.2 Å². The molecule has 0 aliphatic carbocycles. The number of guanidine groups is 1.